The molecular weight excluding hydrogens is 434 g/mol. The molecule has 5 nitrogen and oxygen atoms in total. The van der Waals surface area contributed by atoms with E-state index in [1.54, 1.807) is 0 Å². The van der Waals surface area contributed by atoms with Crippen molar-refractivity contribution in [3.63, 3.8) is 0 Å². The van der Waals surface area contributed by atoms with Gasteiger partial charge in [-0.3, -0.25) is 4.79 Å². The molecule has 0 fully saturated rings. The van der Waals surface area contributed by atoms with Gasteiger partial charge in [0.25, 0.3) is 0 Å². The van der Waals surface area contributed by atoms with E-state index in [1.165, 1.54) is 0 Å². The Kier molecular flexibility index (Phi) is 7.30. The zero-order chi connectivity index (χ0) is 23.2. The zero-order valence-corrected chi connectivity index (χ0v) is 19.7. The number of hydrogen-bond donors (Lipinski definition) is 1. The van der Waals surface area contributed by atoms with Gasteiger partial charge in [-0.1, -0.05) is 48.0 Å². The number of carbonyl (C=O) groups is 1. The van der Waals surface area contributed by atoms with Gasteiger partial charge in [0, 0.05) is 11.6 Å². The maximum atomic E-state index is 12.7. The SMILES string of the molecule is Cc1ccccc1CC(=O)NC(C)c1nc2ccccc2n1CCCOc1ccc(Cl)cc1. The first-order valence-corrected chi connectivity index (χ1v) is 11.6. The van der Waals surface area contributed by atoms with Crippen LogP contribution in [0.25, 0.3) is 11.0 Å². The number of rotatable bonds is 9. The number of para-hydroxylation sites is 2. The lowest BCUT2D eigenvalue weighted by Crippen LogP contribution is -2.30. The first kappa shape index (κ1) is 22.9. The average molecular weight is 462 g/mol. The van der Waals surface area contributed by atoms with Crippen LogP contribution in [0.1, 0.15) is 36.3 Å². The monoisotopic (exact) mass is 461 g/mol. The summed E-state index contributed by atoms with van der Waals surface area (Å²) in [5, 5.41) is 3.82. The van der Waals surface area contributed by atoms with Gasteiger partial charge in [-0.15, -0.1) is 0 Å². The van der Waals surface area contributed by atoms with Gasteiger partial charge in [0.2, 0.25) is 5.91 Å². The molecule has 6 heteroatoms. The summed E-state index contributed by atoms with van der Waals surface area (Å²) in [5.41, 5.74) is 4.13. The number of amides is 1. The Morgan fingerprint density at radius 1 is 1.06 bits per heavy atom. The minimum Gasteiger partial charge on any atom is -0.494 e. The Labute approximate surface area is 199 Å². The largest absolute Gasteiger partial charge is 0.494 e. The fourth-order valence-corrected chi connectivity index (χ4v) is 4.07. The Hall–Kier alpha value is -3.31. The van der Waals surface area contributed by atoms with E-state index >= 15 is 0 Å². The van der Waals surface area contributed by atoms with Crippen molar-refractivity contribution in [3.8, 4) is 5.75 Å². The number of ether oxygens (including phenoxy) is 1. The minimum absolute atomic E-state index is 0.0125. The summed E-state index contributed by atoms with van der Waals surface area (Å²) in [6.45, 7) is 5.32. The fraction of sp³-hybridized carbons (Fsp3) is 0.259. The molecule has 33 heavy (non-hydrogen) atoms. The summed E-state index contributed by atoms with van der Waals surface area (Å²) >= 11 is 5.94. The smallest absolute Gasteiger partial charge is 0.225 e. The highest BCUT2D eigenvalue weighted by atomic mass is 35.5. The summed E-state index contributed by atoms with van der Waals surface area (Å²) < 4.78 is 8.03. The quantitative estimate of drug-likeness (QED) is 0.316. The van der Waals surface area contributed by atoms with Crippen LogP contribution in [0, 0.1) is 6.92 Å². The molecular formula is C27H28ClN3O2. The van der Waals surface area contributed by atoms with E-state index in [2.05, 4.69) is 16.0 Å². The second kappa shape index (κ2) is 10.5. The van der Waals surface area contributed by atoms with Crippen molar-refractivity contribution in [3.05, 3.63) is 94.8 Å². The number of carbonyl (C=O) groups excluding carboxylic acids is 1. The molecule has 1 N–H and O–H groups in total. The third-order valence-corrected chi connectivity index (χ3v) is 5.92. The number of nitrogens with zero attached hydrogens (tertiary/aromatic N) is 2. The van der Waals surface area contributed by atoms with E-state index in [0.717, 1.165) is 46.7 Å². The molecule has 1 aromatic heterocycles. The van der Waals surface area contributed by atoms with Gasteiger partial charge in [0.15, 0.2) is 0 Å². The molecule has 4 rings (SSSR count). The van der Waals surface area contributed by atoms with E-state index in [9.17, 15) is 4.79 Å². The second-order valence-corrected chi connectivity index (χ2v) is 8.60. The molecule has 4 aromatic rings. The van der Waals surface area contributed by atoms with Crippen LogP contribution in [0.2, 0.25) is 5.02 Å². The van der Waals surface area contributed by atoms with Crippen molar-refractivity contribution < 1.29 is 9.53 Å². The van der Waals surface area contributed by atoms with E-state index in [0.29, 0.717) is 18.1 Å². The summed E-state index contributed by atoms with van der Waals surface area (Å²) in [4.78, 5) is 17.6. The molecule has 170 valence electrons. The number of imidazole rings is 1. The van der Waals surface area contributed by atoms with Crippen LogP contribution in [0.5, 0.6) is 5.75 Å². The van der Waals surface area contributed by atoms with Crippen LogP contribution in [0.15, 0.2) is 72.8 Å². The predicted octanol–water partition coefficient (Wildman–Crippen LogP) is 5.89. The van der Waals surface area contributed by atoms with Crippen molar-refractivity contribution in [1.29, 1.82) is 0 Å². The van der Waals surface area contributed by atoms with Crippen LogP contribution < -0.4 is 10.1 Å². The van der Waals surface area contributed by atoms with Crippen molar-refractivity contribution in [2.75, 3.05) is 6.61 Å². The Morgan fingerprint density at radius 2 is 1.79 bits per heavy atom. The number of aryl methyl sites for hydroxylation is 2. The maximum absolute atomic E-state index is 12.7. The third-order valence-electron chi connectivity index (χ3n) is 5.67. The van der Waals surface area contributed by atoms with Gasteiger partial charge in [0.05, 0.1) is 30.1 Å². The van der Waals surface area contributed by atoms with Gasteiger partial charge in [-0.2, -0.15) is 0 Å². The lowest BCUT2D eigenvalue weighted by Gasteiger charge is -2.17. The van der Waals surface area contributed by atoms with Crippen molar-refractivity contribution >= 4 is 28.5 Å². The average Bonchev–Trinajstić information content (AvgIpc) is 3.18. The number of halogens is 1. The van der Waals surface area contributed by atoms with Crippen molar-refractivity contribution in [2.24, 2.45) is 0 Å². The molecule has 0 spiro atoms. The summed E-state index contributed by atoms with van der Waals surface area (Å²) in [7, 11) is 0. The van der Waals surface area contributed by atoms with Gasteiger partial charge in [0.1, 0.15) is 11.6 Å². The highest BCUT2D eigenvalue weighted by molar-refractivity contribution is 6.30. The molecule has 3 aromatic carbocycles. The summed E-state index contributed by atoms with van der Waals surface area (Å²) in [6.07, 6.45) is 1.16. The molecule has 0 saturated carbocycles. The van der Waals surface area contributed by atoms with E-state index < -0.39 is 0 Å². The summed E-state index contributed by atoms with van der Waals surface area (Å²) in [5.74, 6) is 1.63. The lowest BCUT2D eigenvalue weighted by molar-refractivity contribution is -0.121. The number of aromatic nitrogens is 2. The van der Waals surface area contributed by atoms with Gasteiger partial charge >= 0.3 is 0 Å². The van der Waals surface area contributed by atoms with Crippen LogP contribution >= 0.6 is 11.6 Å². The zero-order valence-electron chi connectivity index (χ0n) is 18.9. The van der Waals surface area contributed by atoms with Crippen molar-refractivity contribution in [1.82, 2.24) is 14.9 Å². The molecule has 1 unspecified atom stereocenters. The number of fused-ring (bicyclic) bond motifs is 1. The topological polar surface area (TPSA) is 56.2 Å². The molecule has 0 aliphatic heterocycles. The number of nitrogens with one attached hydrogen (secondary N) is 1. The fourth-order valence-electron chi connectivity index (χ4n) is 3.94. The lowest BCUT2D eigenvalue weighted by atomic mass is 10.1. The maximum Gasteiger partial charge on any atom is 0.225 e. The molecule has 0 aliphatic carbocycles. The highest BCUT2D eigenvalue weighted by Crippen LogP contribution is 2.22. The molecule has 0 saturated heterocycles. The molecule has 1 amide bonds. The molecule has 0 radical (unpaired) electrons. The standard InChI is InChI=1S/C27H28ClN3O2/c1-19-8-3-4-9-21(19)18-26(32)29-20(2)27-30-24-10-5-6-11-25(24)31(27)16-7-17-33-23-14-12-22(28)13-15-23/h3-6,8-15,20H,7,16-18H2,1-2H3,(H,29,32). The van der Waals surface area contributed by atoms with E-state index in [-0.39, 0.29) is 11.9 Å². The predicted molar refractivity (Wildman–Crippen MR) is 133 cm³/mol. The van der Waals surface area contributed by atoms with E-state index in [1.807, 2.05) is 80.6 Å². The molecule has 0 aliphatic rings. The van der Waals surface area contributed by atoms with Crippen LogP contribution in [-0.2, 0) is 17.8 Å². The molecule has 0 bridgehead atoms. The summed E-state index contributed by atoms with van der Waals surface area (Å²) in [6, 6.07) is 23.2. The number of hydrogen-bond acceptors (Lipinski definition) is 3. The normalized spacial score (nSPS) is 12.0. The first-order chi connectivity index (χ1) is 16.0. The number of benzene rings is 3. The van der Waals surface area contributed by atoms with Crippen LogP contribution in [0.3, 0.4) is 0 Å². The van der Waals surface area contributed by atoms with Crippen LogP contribution in [0.4, 0.5) is 0 Å². The second-order valence-electron chi connectivity index (χ2n) is 8.16. The molecule has 1 atom stereocenters. The van der Waals surface area contributed by atoms with Crippen LogP contribution in [-0.4, -0.2) is 22.1 Å². The van der Waals surface area contributed by atoms with Gasteiger partial charge < -0.3 is 14.6 Å². The Bertz CT molecular complexity index is 1230. The highest BCUT2D eigenvalue weighted by Gasteiger charge is 2.18. The van der Waals surface area contributed by atoms with E-state index in [4.69, 9.17) is 21.3 Å². The van der Waals surface area contributed by atoms with Crippen molar-refractivity contribution in [2.45, 2.75) is 39.3 Å². The Morgan fingerprint density at radius 3 is 2.58 bits per heavy atom. The minimum atomic E-state index is -0.217. The first-order valence-electron chi connectivity index (χ1n) is 11.2. The van der Waals surface area contributed by atoms with Gasteiger partial charge in [-0.25, -0.2) is 4.98 Å². The van der Waals surface area contributed by atoms with Gasteiger partial charge in [-0.05, 0) is 67.8 Å². The third kappa shape index (κ3) is 5.74. The molecule has 1 heterocycles. The Balaban J connectivity index is 1.44.